The van der Waals surface area contributed by atoms with E-state index >= 15 is 0 Å². The van der Waals surface area contributed by atoms with Gasteiger partial charge in [0.15, 0.2) is 0 Å². The lowest BCUT2D eigenvalue weighted by Crippen LogP contribution is -2.09. The summed E-state index contributed by atoms with van der Waals surface area (Å²) in [7, 11) is 0. The molecule has 0 bridgehead atoms. The highest BCUT2D eigenvalue weighted by molar-refractivity contribution is 7.20. The van der Waals surface area contributed by atoms with Crippen LogP contribution in [-0.4, -0.2) is 10.5 Å². The Morgan fingerprint density at radius 1 is 1.19 bits per heavy atom. The lowest BCUT2D eigenvalue weighted by Gasteiger charge is -2.05. The fourth-order valence-electron chi connectivity index (χ4n) is 2.19. The molecule has 0 fully saturated rings. The SMILES string of the molecule is Cc1ccc(NC(=O)c2cc3cn(C(C)C)cc3s2)cc1. The van der Waals surface area contributed by atoms with Crippen molar-refractivity contribution in [2.75, 3.05) is 5.32 Å². The van der Waals surface area contributed by atoms with Crippen LogP contribution in [0, 0.1) is 6.92 Å². The summed E-state index contributed by atoms with van der Waals surface area (Å²) in [5.74, 6) is -0.0452. The minimum Gasteiger partial charge on any atom is -0.350 e. The molecule has 0 saturated heterocycles. The first kappa shape index (κ1) is 13.9. The first-order chi connectivity index (χ1) is 10.0. The van der Waals surface area contributed by atoms with Gasteiger partial charge in [0.05, 0.1) is 9.58 Å². The van der Waals surface area contributed by atoms with Gasteiger partial charge in [-0.25, -0.2) is 0 Å². The van der Waals surface area contributed by atoms with Crippen LogP contribution in [-0.2, 0) is 0 Å². The van der Waals surface area contributed by atoms with E-state index in [0.29, 0.717) is 6.04 Å². The van der Waals surface area contributed by atoms with Crippen LogP contribution in [0.1, 0.15) is 35.1 Å². The summed E-state index contributed by atoms with van der Waals surface area (Å²) < 4.78 is 3.32. The molecule has 4 heteroatoms. The second kappa shape index (κ2) is 5.37. The largest absolute Gasteiger partial charge is 0.350 e. The van der Waals surface area contributed by atoms with Gasteiger partial charge in [-0.3, -0.25) is 4.79 Å². The maximum atomic E-state index is 12.3. The third kappa shape index (κ3) is 2.85. The molecule has 0 unspecified atom stereocenters. The van der Waals surface area contributed by atoms with Crippen molar-refractivity contribution in [1.82, 2.24) is 4.57 Å². The number of carbonyl (C=O) groups excluding carboxylic acids is 1. The molecule has 0 aliphatic heterocycles. The number of amides is 1. The van der Waals surface area contributed by atoms with Crippen LogP contribution in [0.15, 0.2) is 42.7 Å². The molecule has 1 amide bonds. The molecule has 2 aromatic heterocycles. The van der Waals surface area contributed by atoms with Crippen molar-refractivity contribution in [2.45, 2.75) is 26.8 Å². The Morgan fingerprint density at radius 2 is 1.90 bits per heavy atom. The Kier molecular flexibility index (Phi) is 3.55. The van der Waals surface area contributed by atoms with Crippen LogP contribution in [0.25, 0.3) is 10.1 Å². The number of hydrogen-bond acceptors (Lipinski definition) is 2. The van der Waals surface area contributed by atoms with Gasteiger partial charge in [0.25, 0.3) is 5.91 Å². The summed E-state index contributed by atoms with van der Waals surface area (Å²) in [5, 5.41) is 4.07. The molecule has 1 N–H and O–H groups in total. The van der Waals surface area contributed by atoms with Crippen LogP contribution < -0.4 is 5.32 Å². The van der Waals surface area contributed by atoms with Gasteiger partial charge in [0.1, 0.15) is 0 Å². The summed E-state index contributed by atoms with van der Waals surface area (Å²) in [6, 6.07) is 10.2. The lowest BCUT2D eigenvalue weighted by molar-refractivity contribution is 0.103. The van der Waals surface area contributed by atoms with Gasteiger partial charge in [0.2, 0.25) is 0 Å². The molecule has 2 heterocycles. The number of fused-ring (bicyclic) bond motifs is 1. The smallest absolute Gasteiger partial charge is 0.265 e. The summed E-state index contributed by atoms with van der Waals surface area (Å²) in [6.45, 7) is 6.32. The maximum absolute atomic E-state index is 12.3. The number of nitrogens with zero attached hydrogens (tertiary/aromatic N) is 1. The quantitative estimate of drug-likeness (QED) is 0.737. The van der Waals surface area contributed by atoms with Crippen LogP contribution in [0.2, 0.25) is 0 Å². The average Bonchev–Trinajstić information content (AvgIpc) is 2.99. The van der Waals surface area contributed by atoms with Gasteiger partial charge in [-0.2, -0.15) is 0 Å². The minimum atomic E-state index is -0.0452. The number of rotatable bonds is 3. The van der Waals surface area contributed by atoms with E-state index in [1.807, 2.05) is 37.3 Å². The van der Waals surface area contributed by atoms with Crippen LogP contribution in [0.5, 0.6) is 0 Å². The Morgan fingerprint density at radius 3 is 2.52 bits per heavy atom. The molecule has 3 aromatic rings. The summed E-state index contributed by atoms with van der Waals surface area (Å²) in [5.41, 5.74) is 2.01. The van der Waals surface area contributed by atoms with Crippen molar-refractivity contribution in [3.63, 3.8) is 0 Å². The van der Waals surface area contributed by atoms with Gasteiger partial charge < -0.3 is 9.88 Å². The number of aromatic nitrogens is 1. The van der Waals surface area contributed by atoms with Crippen molar-refractivity contribution in [3.8, 4) is 0 Å². The van der Waals surface area contributed by atoms with Gasteiger partial charge in [-0.1, -0.05) is 17.7 Å². The summed E-state index contributed by atoms with van der Waals surface area (Å²) in [6.07, 6.45) is 4.20. The minimum absolute atomic E-state index is 0.0452. The van der Waals surface area contributed by atoms with Crippen molar-refractivity contribution < 1.29 is 4.79 Å². The Hall–Kier alpha value is -2.07. The van der Waals surface area contributed by atoms with Crippen molar-refractivity contribution >= 4 is 33.0 Å². The monoisotopic (exact) mass is 298 g/mol. The topological polar surface area (TPSA) is 34.0 Å². The molecule has 108 valence electrons. The predicted octanol–water partition coefficient (Wildman–Crippen LogP) is 4.84. The van der Waals surface area contributed by atoms with E-state index in [0.717, 1.165) is 20.7 Å². The number of carbonyl (C=O) groups is 1. The van der Waals surface area contributed by atoms with E-state index in [1.54, 1.807) is 0 Å². The molecule has 3 rings (SSSR count). The number of anilines is 1. The van der Waals surface area contributed by atoms with Crippen molar-refractivity contribution in [3.05, 3.63) is 53.2 Å². The lowest BCUT2D eigenvalue weighted by atomic mass is 10.2. The maximum Gasteiger partial charge on any atom is 0.265 e. The van der Waals surface area contributed by atoms with Gasteiger partial charge in [-0.15, -0.1) is 11.3 Å². The van der Waals surface area contributed by atoms with Crippen molar-refractivity contribution in [1.29, 1.82) is 0 Å². The Bertz CT molecular complexity index is 749. The van der Waals surface area contributed by atoms with E-state index in [4.69, 9.17) is 0 Å². The van der Waals surface area contributed by atoms with E-state index in [2.05, 4.69) is 36.1 Å². The van der Waals surface area contributed by atoms with E-state index < -0.39 is 0 Å². The highest BCUT2D eigenvalue weighted by Crippen LogP contribution is 2.28. The normalized spacial score (nSPS) is 11.2. The van der Waals surface area contributed by atoms with Crippen molar-refractivity contribution in [2.24, 2.45) is 0 Å². The standard InChI is InChI=1S/C17H18N2OS/c1-11(2)19-9-13-8-15(21-16(13)10-19)17(20)18-14-6-4-12(3)5-7-14/h4-11H,1-3H3,(H,18,20). The number of thiophene rings is 1. The molecular weight excluding hydrogens is 280 g/mol. The molecule has 0 radical (unpaired) electrons. The Balaban J connectivity index is 1.81. The van der Waals surface area contributed by atoms with E-state index in [9.17, 15) is 4.79 Å². The predicted molar refractivity (Wildman–Crippen MR) is 89.3 cm³/mol. The van der Waals surface area contributed by atoms with Crippen LogP contribution in [0.4, 0.5) is 5.69 Å². The zero-order valence-corrected chi connectivity index (χ0v) is 13.2. The first-order valence-electron chi connectivity index (χ1n) is 7.02. The van der Waals surface area contributed by atoms with Crippen LogP contribution >= 0.6 is 11.3 Å². The number of aryl methyl sites for hydroxylation is 1. The molecule has 21 heavy (non-hydrogen) atoms. The average molecular weight is 298 g/mol. The Labute approximate surface area is 128 Å². The fourth-order valence-corrected chi connectivity index (χ4v) is 3.16. The number of benzene rings is 1. The third-order valence-electron chi connectivity index (χ3n) is 3.48. The molecule has 3 nitrogen and oxygen atoms in total. The van der Waals surface area contributed by atoms with E-state index in [-0.39, 0.29) is 5.91 Å². The molecule has 0 atom stereocenters. The highest BCUT2D eigenvalue weighted by atomic mass is 32.1. The zero-order chi connectivity index (χ0) is 15.0. The summed E-state index contributed by atoms with van der Waals surface area (Å²) in [4.78, 5) is 13.0. The van der Waals surface area contributed by atoms with Gasteiger partial charge in [-0.05, 0) is 39.0 Å². The molecule has 0 aliphatic carbocycles. The second-order valence-corrected chi connectivity index (χ2v) is 6.63. The molecular formula is C17H18N2OS. The number of hydrogen-bond donors (Lipinski definition) is 1. The third-order valence-corrected chi connectivity index (χ3v) is 4.56. The molecule has 0 saturated carbocycles. The van der Waals surface area contributed by atoms with E-state index in [1.165, 1.54) is 16.9 Å². The molecule has 0 aliphatic rings. The second-order valence-electron chi connectivity index (χ2n) is 5.55. The zero-order valence-electron chi connectivity index (χ0n) is 12.4. The molecule has 1 aromatic carbocycles. The molecule has 0 spiro atoms. The fraction of sp³-hybridized carbons (Fsp3) is 0.235. The van der Waals surface area contributed by atoms with Crippen LogP contribution in [0.3, 0.4) is 0 Å². The van der Waals surface area contributed by atoms with Gasteiger partial charge >= 0.3 is 0 Å². The highest BCUT2D eigenvalue weighted by Gasteiger charge is 2.12. The number of nitrogens with one attached hydrogen (secondary N) is 1. The first-order valence-corrected chi connectivity index (χ1v) is 7.83. The summed E-state index contributed by atoms with van der Waals surface area (Å²) >= 11 is 1.53. The van der Waals surface area contributed by atoms with Gasteiger partial charge in [0, 0.05) is 29.5 Å².